The van der Waals surface area contributed by atoms with Crippen LogP contribution >= 0.6 is 0 Å². The van der Waals surface area contributed by atoms with E-state index in [9.17, 15) is 14.4 Å². The number of esters is 3. The van der Waals surface area contributed by atoms with Gasteiger partial charge >= 0.3 is 17.9 Å². The van der Waals surface area contributed by atoms with E-state index in [1.807, 2.05) is 0 Å². The van der Waals surface area contributed by atoms with E-state index in [1.165, 1.54) is 238 Å². The minimum absolute atomic E-state index is 0.0620. The predicted molar refractivity (Wildman–Crippen MR) is 275 cm³/mol. The molecule has 0 aliphatic rings. The zero-order chi connectivity index (χ0) is 46.5. The van der Waals surface area contributed by atoms with E-state index in [2.05, 4.69) is 20.8 Å². The van der Waals surface area contributed by atoms with Crippen LogP contribution in [0, 0.1) is 0 Å². The fourth-order valence-corrected chi connectivity index (χ4v) is 8.98. The maximum absolute atomic E-state index is 12.8. The molecule has 0 amide bonds. The summed E-state index contributed by atoms with van der Waals surface area (Å²) in [6.07, 6.45) is 59.9. The van der Waals surface area contributed by atoms with Crippen LogP contribution in [-0.2, 0) is 28.6 Å². The van der Waals surface area contributed by atoms with Crippen LogP contribution in [0.15, 0.2) is 0 Å². The molecular formula is C58H112O6. The van der Waals surface area contributed by atoms with E-state index in [0.29, 0.717) is 19.3 Å². The van der Waals surface area contributed by atoms with Gasteiger partial charge in [0.05, 0.1) is 0 Å². The van der Waals surface area contributed by atoms with Gasteiger partial charge in [-0.25, -0.2) is 0 Å². The van der Waals surface area contributed by atoms with Crippen molar-refractivity contribution < 1.29 is 28.6 Å². The van der Waals surface area contributed by atoms with Gasteiger partial charge in [-0.05, 0) is 19.3 Å². The molecule has 0 fully saturated rings. The molecular weight excluding hydrogens is 793 g/mol. The first-order chi connectivity index (χ1) is 31.5. The van der Waals surface area contributed by atoms with E-state index in [4.69, 9.17) is 14.2 Å². The summed E-state index contributed by atoms with van der Waals surface area (Å²) in [5.41, 5.74) is 0. The van der Waals surface area contributed by atoms with Crippen molar-refractivity contribution in [3.8, 4) is 0 Å². The van der Waals surface area contributed by atoms with Gasteiger partial charge in [0.15, 0.2) is 6.10 Å². The maximum atomic E-state index is 12.8. The molecule has 0 saturated heterocycles. The third kappa shape index (κ3) is 51.4. The minimum Gasteiger partial charge on any atom is -0.462 e. The van der Waals surface area contributed by atoms with Crippen LogP contribution in [0.2, 0.25) is 0 Å². The molecule has 6 heteroatoms. The van der Waals surface area contributed by atoms with Crippen molar-refractivity contribution in [2.24, 2.45) is 0 Å². The lowest BCUT2D eigenvalue weighted by Crippen LogP contribution is -2.30. The zero-order valence-corrected chi connectivity index (χ0v) is 43.6. The third-order valence-electron chi connectivity index (χ3n) is 13.4. The molecule has 0 rings (SSSR count). The van der Waals surface area contributed by atoms with Gasteiger partial charge in [-0.1, -0.05) is 297 Å². The first-order valence-electron chi connectivity index (χ1n) is 29.0. The van der Waals surface area contributed by atoms with Crippen molar-refractivity contribution in [3.05, 3.63) is 0 Å². The minimum atomic E-state index is -0.759. The molecule has 380 valence electrons. The van der Waals surface area contributed by atoms with Crippen LogP contribution in [-0.4, -0.2) is 37.2 Å². The lowest BCUT2D eigenvalue weighted by molar-refractivity contribution is -0.167. The molecule has 1 unspecified atom stereocenters. The normalized spacial score (nSPS) is 11.9. The van der Waals surface area contributed by atoms with Crippen molar-refractivity contribution in [2.45, 2.75) is 341 Å². The van der Waals surface area contributed by atoms with Crippen molar-refractivity contribution in [2.75, 3.05) is 13.2 Å². The monoisotopic (exact) mass is 905 g/mol. The van der Waals surface area contributed by atoms with Crippen LogP contribution in [0.5, 0.6) is 0 Å². The summed E-state index contributed by atoms with van der Waals surface area (Å²) in [4.78, 5) is 37.9. The SMILES string of the molecule is CCCCCCCCCCCCCCCCCCCCCCCCCCCC(=O)OCC(COC(=O)CCCCCCCCC)OC(=O)CCCCCCCCCCCCCCCC. The molecule has 0 aromatic rings. The average molecular weight is 906 g/mol. The van der Waals surface area contributed by atoms with Crippen molar-refractivity contribution in [1.82, 2.24) is 0 Å². The predicted octanol–water partition coefficient (Wildman–Crippen LogP) is 19.2. The number of carbonyl (C=O) groups excluding carboxylic acids is 3. The van der Waals surface area contributed by atoms with Gasteiger partial charge in [0.2, 0.25) is 0 Å². The lowest BCUT2D eigenvalue weighted by Gasteiger charge is -2.18. The Labute approximate surface area is 399 Å². The van der Waals surface area contributed by atoms with Crippen molar-refractivity contribution in [1.29, 1.82) is 0 Å². The largest absolute Gasteiger partial charge is 0.462 e. The Morgan fingerprint density at radius 2 is 0.422 bits per heavy atom. The highest BCUT2D eigenvalue weighted by molar-refractivity contribution is 5.71. The standard InChI is InChI=1S/C58H112O6/c1-4-7-10-13-16-18-20-22-24-25-26-27-28-29-30-31-32-33-34-36-37-39-42-45-48-51-57(60)63-54-55(53-62-56(59)50-47-44-41-15-12-9-6-3)64-58(61)52-49-46-43-40-38-35-23-21-19-17-14-11-8-5-2/h55H,4-54H2,1-3H3. The molecule has 0 aromatic heterocycles. The highest BCUT2D eigenvalue weighted by Gasteiger charge is 2.19. The van der Waals surface area contributed by atoms with Crippen LogP contribution in [0.3, 0.4) is 0 Å². The number of ether oxygens (including phenoxy) is 3. The average Bonchev–Trinajstić information content (AvgIpc) is 3.29. The smallest absolute Gasteiger partial charge is 0.306 e. The van der Waals surface area contributed by atoms with Crippen LogP contribution in [0.1, 0.15) is 335 Å². The first-order valence-corrected chi connectivity index (χ1v) is 29.0. The van der Waals surface area contributed by atoms with Gasteiger partial charge < -0.3 is 14.2 Å². The Bertz CT molecular complexity index is 951. The zero-order valence-electron chi connectivity index (χ0n) is 43.6. The molecule has 0 aliphatic heterocycles. The number of carbonyl (C=O) groups is 3. The van der Waals surface area contributed by atoms with E-state index < -0.39 is 6.10 Å². The van der Waals surface area contributed by atoms with Crippen molar-refractivity contribution >= 4 is 17.9 Å². The summed E-state index contributed by atoms with van der Waals surface area (Å²) in [6, 6.07) is 0. The van der Waals surface area contributed by atoms with E-state index >= 15 is 0 Å². The van der Waals surface area contributed by atoms with Crippen LogP contribution < -0.4 is 0 Å². The summed E-state index contributed by atoms with van der Waals surface area (Å²) in [5.74, 6) is -0.844. The van der Waals surface area contributed by atoms with Gasteiger partial charge in [0.25, 0.3) is 0 Å². The number of hydrogen-bond acceptors (Lipinski definition) is 6. The molecule has 64 heavy (non-hydrogen) atoms. The Balaban J connectivity index is 4.04. The Morgan fingerprint density at radius 3 is 0.625 bits per heavy atom. The molecule has 0 N–H and O–H groups in total. The van der Waals surface area contributed by atoms with Gasteiger partial charge in [-0.15, -0.1) is 0 Å². The fourth-order valence-electron chi connectivity index (χ4n) is 8.98. The molecule has 0 aromatic carbocycles. The first kappa shape index (κ1) is 62.4. The number of unbranched alkanes of at least 4 members (excludes halogenated alkanes) is 43. The molecule has 6 nitrogen and oxygen atoms in total. The molecule has 0 aliphatic carbocycles. The van der Waals surface area contributed by atoms with Crippen LogP contribution in [0.25, 0.3) is 0 Å². The molecule has 1 atom stereocenters. The molecule has 0 bridgehead atoms. The summed E-state index contributed by atoms with van der Waals surface area (Å²) in [6.45, 7) is 6.66. The summed E-state index contributed by atoms with van der Waals surface area (Å²) in [5, 5.41) is 0. The quantitative estimate of drug-likeness (QED) is 0.0344. The van der Waals surface area contributed by atoms with Gasteiger partial charge in [0.1, 0.15) is 13.2 Å². The third-order valence-corrected chi connectivity index (χ3v) is 13.4. The summed E-state index contributed by atoms with van der Waals surface area (Å²) in [7, 11) is 0. The number of hydrogen-bond donors (Lipinski definition) is 0. The van der Waals surface area contributed by atoms with E-state index in [0.717, 1.165) is 57.8 Å². The van der Waals surface area contributed by atoms with E-state index in [-0.39, 0.29) is 31.1 Å². The Kier molecular flexibility index (Phi) is 52.7. The fraction of sp³-hybridized carbons (Fsp3) is 0.948. The summed E-state index contributed by atoms with van der Waals surface area (Å²) < 4.78 is 16.8. The molecule has 0 heterocycles. The van der Waals surface area contributed by atoms with Crippen molar-refractivity contribution in [3.63, 3.8) is 0 Å². The highest BCUT2D eigenvalue weighted by Crippen LogP contribution is 2.18. The highest BCUT2D eigenvalue weighted by atomic mass is 16.6. The maximum Gasteiger partial charge on any atom is 0.306 e. The number of rotatable bonds is 54. The second kappa shape index (κ2) is 54.0. The van der Waals surface area contributed by atoms with Crippen LogP contribution in [0.4, 0.5) is 0 Å². The molecule has 0 saturated carbocycles. The second-order valence-electron chi connectivity index (χ2n) is 19.9. The molecule has 0 spiro atoms. The molecule has 0 radical (unpaired) electrons. The topological polar surface area (TPSA) is 78.9 Å². The lowest BCUT2D eigenvalue weighted by atomic mass is 10.0. The van der Waals surface area contributed by atoms with Gasteiger partial charge in [-0.3, -0.25) is 14.4 Å². The van der Waals surface area contributed by atoms with E-state index in [1.54, 1.807) is 0 Å². The van der Waals surface area contributed by atoms with Gasteiger partial charge in [-0.2, -0.15) is 0 Å². The Hall–Kier alpha value is -1.59. The second-order valence-corrected chi connectivity index (χ2v) is 19.9. The Morgan fingerprint density at radius 1 is 0.250 bits per heavy atom. The van der Waals surface area contributed by atoms with Gasteiger partial charge in [0, 0.05) is 19.3 Å². The summed E-state index contributed by atoms with van der Waals surface area (Å²) >= 11 is 0.